The summed E-state index contributed by atoms with van der Waals surface area (Å²) in [6, 6.07) is 12.3. The second-order valence-corrected chi connectivity index (χ2v) is 12.3. The van der Waals surface area contributed by atoms with Crippen LogP contribution in [0.15, 0.2) is 55.3 Å². The Morgan fingerprint density at radius 3 is 2.64 bits per heavy atom. The van der Waals surface area contributed by atoms with Crippen molar-refractivity contribution < 1.29 is 9.53 Å². The van der Waals surface area contributed by atoms with Crippen LogP contribution in [0.1, 0.15) is 6.42 Å². The van der Waals surface area contributed by atoms with Crippen molar-refractivity contribution in [2.75, 3.05) is 68.5 Å². The highest BCUT2D eigenvalue weighted by Crippen LogP contribution is 2.40. The molecule has 4 rings (SSSR count). The summed E-state index contributed by atoms with van der Waals surface area (Å²) in [5.41, 5.74) is 3.08. The molecule has 0 saturated carbocycles. The van der Waals surface area contributed by atoms with E-state index in [1.807, 2.05) is 30.3 Å². The van der Waals surface area contributed by atoms with Crippen molar-refractivity contribution in [1.29, 1.82) is 0 Å². The Morgan fingerprint density at radius 1 is 1.21 bits per heavy atom. The number of benzene rings is 2. The fourth-order valence-electron chi connectivity index (χ4n) is 4.50. The minimum Gasteiger partial charge on any atom is -0.494 e. The van der Waals surface area contributed by atoms with Crippen LogP contribution in [0.3, 0.4) is 0 Å². The Hall–Kier alpha value is -3.39. The van der Waals surface area contributed by atoms with Crippen LogP contribution >= 0.6 is 19.5 Å². The van der Waals surface area contributed by atoms with Crippen molar-refractivity contribution in [2.24, 2.45) is 0 Å². The Morgan fingerprint density at radius 2 is 1.97 bits per heavy atom. The molecule has 0 bridgehead atoms. The number of anilines is 6. The van der Waals surface area contributed by atoms with Gasteiger partial charge >= 0.3 is 0 Å². The predicted octanol–water partition coefficient (Wildman–Crippen LogP) is 5.26. The Balaban J connectivity index is 1.67. The zero-order valence-electron chi connectivity index (χ0n) is 23.0. The lowest BCUT2D eigenvalue weighted by Gasteiger charge is -2.25. The van der Waals surface area contributed by atoms with Crippen molar-refractivity contribution in [3.63, 3.8) is 0 Å². The molecule has 2 heterocycles. The van der Waals surface area contributed by atoms with E-state index in [1.54, 1.807) is 13.3 Å². The van der Waals surface area contributed by atoms with E-state index in [-0.39, 0.29) is 13.8 Å². The average molecular weight is 568 g/mol. The number of carbonyl (C=O) groups excluding carboxylic acids is 1. The first-order valence-electron chi connectivity index (χ1n) is 12.6. The number of hydrogen-bond acceptors (Lipinski definition) is 8. The number of carbonyl (C=O) groups is 1. The van der Waals surface area contributed by atoms with E-state index in [0.29, 0.717) is 40.0 Å². The van der Waals surface area contributed by atoms with E-state index < -0.39 is 0 Å². The highest BCUT2D eigenvalue weighted by Gasteiger charge is 2.27. The van der Waals surface area contributed by atoms with Crippen molar-refractivity contribution in [2.45, 2.75) is 12.5 Å². The molecule has 3 aromatic rings. The summed E-state index contributed by atoms with van der Waals surface area (Å²) in [6.45, 7) is 9.71. The molecular weight excluding hydrogens is 533 g/mol. The van der Waals surface area contributed by atoms with Gasteiger partial charge in [-0.1, -0.05) is 44.3 Å². The number of halogens is 1. The van der Waals surface area contributed by atoms with E-state index in [1.165, 1.54) is 11.4 Å². The lowest BCUT2D eigenvalue weighted by Crippen LogP contribution is -2.31. The zero-order valence-corrected chi connectivity index (χ0v) is 24.6. The third kappa shape index (κ3) is 6.79. The van der Waals surface area contributed by atoms with Crippen molar-refractivity contribution in [1.82, 2.24) is 14.9 Å². The van der Waals surface area contributed by atoms with Gasteiger partial charge in [0.05, 0.1) is 30.4 Å². The lowest BCUT2D eigenvalue weighted by atomic mass is 10.2. The number of methoxy groups -OCH3 is 1. The summed E-state index contributed by atoms with van der Waals surface area (Å²) >= 11 is 6.46. The molecule has 39 heavy (non-hydrogen) atoms. The molecule has 1 aliphatic rings. The largest absolute Gasteiger partial charge is 0.494 e. The summed E-state index contributed by atoms with van der Waals surface area (Å²) in [6.07, 6.45) is 3.83. The van der Waals surface area contributed by atoms with Gasteiger partial charge in [-0.25, -0.2) is 4.98 Å². The molecule has 1 fully saturated rings. The van der Waals surface area contributed by atoms with Crippen LogP contribution < -0.4 is 30.9 Å². The summed E-state index contributed by atoms with van der Waals surface area (Å²) in [7, 11) is 5.44. The first-order chi connectivity index (χ1) is 18.7. The molecule has 3 N–H and O–H groups in total. The number of aromatic nitrogens is 2. The van der Waals surface area contributed by atoms with Gasteiger partial charge in [-0.15, -0.1) is 0 Å². The highest BCUT2D eigenvalue weighted by molar-refractivity contribution is 7.64. The molecule has 1 amide bonds. The molecule has 1 aromatic heterocycles. The Bertz CT molecular complexity index is 1350. The van der Waals surface area contributed by atoms with Gasteiger partial charge in [0.25, 0.3) is 0 Å². The van der Waals surface area contributed by atoms with Gasteiger partial charge in [-0.2, -0.15) is 4.98 Å². The number of hydrogen-bond donors (Lipinski definition) is 3. The van der Waals surface area contributed by atoms with Gasteiger partial charge in [-0.3, -0.25) is 4.79 Å². The Kier molecular flexibility index (Phi) is 9.28. The number of rotatable bonds is 10. The molecule has 0 aliphatic carbocycles. The maximum atomic E-state index is 12.3. The van der Waals surface area contributed by atoms with Gasteiger partial charge in [0.2, 0.25) is 11.9 Å². The van der Waals surface area contributed by atoms with Crippen LogP contribution in [-0.2, 0) is 4.79 Å². The number of amides is 1. The lowest BCUT2D eigenvalue weighted by molar-refractivity contribution is -0.111. The summed E-state index contributed by atoms with van der Waals surface area (Å²) in [5, 5.41) is 11.2. The predicted molar refractivity (Wildman–Crippen MR) is 165 cm³/mol. The van der Waals surface area contributed by atoms with E-state index in [9.17, 15) is 4.79 Å². The van der Waals surface area contributed by atoms with Gasteiger partial charge < -0.3 is 30.5 Å². The van der Waals surface area contributed by atoms with Gasteiger partial charge in [-0.05, 0) is 57.4 Å². The number of nitrogens with zero attached hydrogens (tertiary/aromatic N) is 4. The normalized spacial score (nSPS) is 15.0. The molecule has 2 aromatic carbocycles. The van der Waals surface area contributed by atoms with E-state index in [4.69, 9.17) is 16.3 Å². The first-order valence-corrected chi connectivity index (χ1v) is 15.2. The molecule has 9 nitrogen and oxygen atoms in total. The van der Waals surface area contributed by atoms with Crippen LogP contribution in [0.4, 0.5) is 34.5 Å². The van der Waals surface area contributed by atoms with Crippen molar-refractivity contribution in [3.05, 3.63) is 60.3 Å². The van der Waals surface area contributed by atoms with Crippen molar-refractivity contribution >= 4 is 65.2 Å². The van der Waals surface area contributed by atoms with Gasteiger partial charge in [0, 0.05) is 30.9 Å². The van der Waals surface area contributed by atoms with Gasteiger partial charge in [0.15, 0.2) is 5.82 Å². The maximum Gasteiger partial charge on any atom is 0.247 e. The van der Waals surface area contributed by atoms with Crippen LogP contribution in [0, 0.1) is 0 Å². The third-order valence-electron chi connectivity index (χ3n) is 6.62. The van der Waals surface area contributed by atoms with Crippen LogP contribution in [0.25, 0.3) is 0 Å². The fraction of sp³-hybridized carbons (Fsp3) is 0.321. The summed E-state index contributed by atoms with van der Waals surface area (Å²) in [5.74, 6) is 1.11. The second kappa shape index (κ2) is 12.6. The molecule has 11 heteroatoms. The number of nitrogens with one attached hydrogen (secondary N) is 3. The molecular formula is C28H35ClN7O2P. The third-order valence-corrected chi connectivity index (χ3v) is 8.26. The molecule has 1 atom stereocenters. The highest BCUT2D eigenvalue weighted by atomic mass is 35.5. The smallest absolute Gasteiger partial charge is 0.247 e. The van der Waals surface area contributed by atoms with E-state index in [0.717, 1.165) is 30.9 Å². The topological polar surface area (TPSA) is 94.6 Å². The number of likely N-dealkylation sites (N-methyl/N-ethyl adjacent to an activating group) is 1. The van der Waals surface area contributed by atoms with E-state index in [2.05, 4.69) is 75.8 Å². The molecule has 1 saturated heterocycles. The van der Waals surface area contributed by atoms with E-state index >= 15 is 0 Å². The van der Waals surface area contributed by atoms with Gasteiger partial charge in [0.1, 0.15) is 10.8 Å². The molecule has 1 aliphatic heterocycles. The summed E-state index contributed by atoms with van der Waals surface area (Å²) < 4.78 is 5.74. The molecule has 206 valence electrons. The molecule has 0 spiro atoms. The van der Waals surface area contributed by atoms with Crippen LogP contribution in [-0.4, -0.2) is 74.4 Å². The quantitative estimate of drug-likeness (QED) is 0.226. The summed E-state index contributed by atoms with van der Waals surface area (Å²) in [4.78, 5) is 25.8. The number of ether oxygens (including phenoxy) is 1. The molecule has 1 unspecified atom stereocenters. The zero-order chi connectivity index (χ0) is 28.1. The SMILES string of the molecule is C=CC(=O)Nc1cc(Nc2ncc(Cl)c(Nc3ccccc3P(C)C)n2)c(OC)cc1N1CCC(N(C)C)C1. The first kappa shape index (κ1) is 28.6. The number of para-hydroxylation sites is 1. The van der Waals surface area contributed by atoms with Crippen molar-refractivity contribution in [3.8, 4) is 5.75 Å². The Labute approximate surface area is 236 Å². The monoisotopic (exact) mass is 567 g/mol. The van der Waals surface area contributed by atoms with Crippen LogP contribution in [0.5, 0.6) is 5.75 Å². The molecule has 0 radical (unpaired) electrons. The standard InChI is InChI=1S/C28H35ClN7O2P/c1-7-26(37)31-21-14-22(24(38-4)15-23(21)36-13-12-18(17-36)35(2)3)33-28-30-16-19(29)27(34-28)32-20-10-8-9-11-25(20)39(5)6/h7-11,14-16,18H,1,12-13,17H2,2-6H3,(H,31,37)(H2,30,32,33,34). The van der Waals surface area contributed by atoms with Crippen LogP contribution in [0.2, 0.25) is 5.02 Å². The minimum atomic E-state index is -0.332. The second-order valence-electron chi connectivity index (χ2n) is 9.67. The minimum absolute atomic E-state index is 0.296. The fourth-order valence-corrected chi connectivity index (χ4v) is 5.63. The average Bonchev–Trinajstić information content (AvgIpc) is 3.41. The maximum absolute atomic E-state index is 12.3.